The number of carbonyl (C=O) groups is 1. The Balaban J connectivity index is 2.00. The van der Waals surface area contributed by atoms with Gasteiger partial charge in [-0.25, -0.2) is 4.79 Å². The molecule has 1 heterocycles. The first-order chi connectivity index (χ1) is 13.1. The number of urea groups is 1. The largest absolute Gasteiger partial charge is 0.340 e. The van der Waals surface area contributed by atoms with Gasteiger partial charge in [0.05, 0.1) is 11.3 Å². The van der Waals surface area contributed by atoms with Crippen molar-refractivity contribution in [3.63, 3.8) is 0 Å². The van der Waals surface area contributed by atoms with E-state index in [2.05, 4.69) is 46.4 Å². The standard InChI is InChI=1S/C22H24N4O/c1-4-12-24-22(27)25-17-9-7-16(8-10-17)21-19(14-23)18-13-15(3)6-11-20(18)26(21)5-2/h6-11,13H,4-5,12H2,1-3H3,(H2,24,25,27). The number of nitrogens with zero attached hydrogens (tertiary/aromatic N) is 2. The molecule has 27 heavy (non-hydrogen) atoms. The Kier molecular flexibility index (Phi) is 5.46. The SMILES string of the molecule is CCCNC(=O)Nc1ccc(-c2c(C#N)c3cc(C)ccc3n2CC)cc1. The van der Waals surface area contributed by atoms with Gasteiger partial charge in [0.25, 0.3) is 0 Å². The molecule has 2 N–H and O–H groups in total. The minimum absolute atomic E-state index is 0.208. The van der Waals surface area contributed by atoms with Gasteiger partial charge in [-0.05, 0) is 50.1 Å². The first-order valence-corrected chi connectivity index (χ1v) is 9.27. The zero-order chi connectivity index (χ0) is 19.4. The number of aromatic nitrogens is 1. The first-order valence-electron chi connectivity index (χ1n) is 9.27. The molecule has 0 aliphatic carbocycles. The number of anilines is 1. The third-order valence-electron chi connectivity index (χ3n) is 4.60. The summed E-state index contributed by atoms with van der Waals surface area (Å²) >= 11 is 0. The number of benzene rings is 2. The van der Waals surface area contributed by atoms with E-state index < -0.39 is 0 Å². The second-order valence-electron chi connectivity index (χ2n) is 6.56. The van der Waals surface area contributed by atoms with E-state index in [9.17, 15) is 10.1 Å². The highest BCUT2D eigenvalue weighted by Crippen LogP contribution is 2.34. The topological polar surface area (TPSA) is 69.8 Å². The van der Waals surface area contributed by atoms with Crippen molar-refractivity contribution >= 4 is 22.6 Å². The maximum absolute atomic E-state index is 11.8. The van der Waals surface area contributed by atoms with Gasteiger partial charge < -0.3 is 15.2 Å². The number of amides is 2. The second kappa shape index (κ2) is 7.96. The average Bonchev–Trinajstić information content (AvgIpc) is 2.99. The predicted molar refractivity (Wildman–Crippen MR) is 110 cm³/mol. The molecule has 1 aromatic heterocycles. The van der Waals surface area contributed by atoms with Crippen molar-refractivity contribution in [1.29, 1.82) is 5.26 Å². The van der Waals surface area contributed by atoms with Crippen LogP contribution in [0.4, 0.5) is 10.5 Å². The van der Waals surface area contributed by atoms with E-state index >= 15 is 0 Å². The molecule has 5 nitrogen and oxygen atoms in total. The predicted octanol–water partition coefficient (Wildman–Crippen LogP) is 5.04. The van der Waals surface area contributed by atoms with Crippen molar-refractivity contribution in [3.05, 3.63) is 53.6 Å². The molecule has 3 aromatic rings. The summed E-state index contributed by atoms with van der Waals surface area (Å²) in [4.78, 5) is 11.8. The third kappa shape index (κ3) is 3.65. The molecule has 138 valence electrons. The van der Waals surface area contributed by atoms with Crippen LogP contribution in [0.1, 0.15) is 31.4 Å². The summed E-state index contributed by atoms with van der Waals surface area (Å²) in [5.74, 6) is 0. The van der Waals surface area contributed by atoms with Crippen molar-refractivity contribution in [2.45, 2.75) is 33.7 Å². The molecular formula is C22H24N4O. The van der Waals surface area contributed by atoms with Gasteiger partial charge in [-0.3, -0.25) is 0 Å². The Hall–Kier alpha value is -3.26. The number of rotatable bonds is 5. The lowest BCUT2D eigenvalue weighted by Crippen LogP contribution is -2.29. The Bertz CT molecular complexity index is 1010. The average molecular weight is 360 g/mol. The van der Waals surface area contributed by atoms with E-state index in [0.717, 1.165) is 46.4 Å². The highest BCUT2D eigenvalue weighted by molar-refractivity contribution is 5.95. The van der Waals surface area contributed by atoms with Gasteiger partial charge in [-0.2, -0.15) is 5.26 Å². The summed E-state index contributed by atoms with van der Waals surface area (Å²) < 4.78 is 2.17. The fourth-order valence-electron chi connectivity index (χ4n) is 3.34. The van der Waals surface area contributed by atoms with Crippen LogP contribution in [0.2, 0.25) is 0 Å². The van der Waals surface area contributed by atoms with Crippen LogP contribution in [-0.2, 0) is 6.54 Å². The lowest BCUT2D eigenvalue weighted by molar-refractivity contribution is 0.252. The van der Waals surface area contributed by atoms with Gasteiger partial charge in [0.1, 0.15) is 6.07 Å². The molecule has 0 aliphatic rings. The van der Waals surface area contributed by atoms with E-state index in [4.69, 9.17) is 0 Å². The van der Waals surface area contributed by atoms with Crippen molar-refractivity contribution < 1.29 is 4.79 Å². The Morgan fingerprint density at radius 1 is 1.15 bits per heavy atom. The number of hydrogen-bond donors (Lipinski definition) is 2. The van der Waals surface area contributed by atoms with E-state index in [1.807, 2.05) is 38.1 Å². The molecule has 5 heteroatoms. The lowest BCUT2D eigenvalue weighted by Gasteiger charge is -2.10. The first kappa shape index (κ1) is 18.5. The number of nitriles is 1. The van der Waals surface area contributed by atoms with Gasteiger partial charge in [0, 0.05) is 29.7 Å². The molecule has 2 amide bonds. The van der Waals surface area contributed by atoms with Gasteiger partial charge in [0.15, 0.2) is 0 Å². The van der Waals surface area contributed by atoms with Gasteiger partial charge in [-0.1, -0.05) is 30.7 Å². The van der Waals surface area contributed by atoms with Crippen LogP contribution in [0.5, 0.6) is 0 Å². The highest BCUT2D eigenvalue weighted by Gasteiger charge is 2.18. The summed E-state index contributed by atoms with van der Waals surface area (Å²) in [6, 6.07) is 16.0. The fraction of sp³-hybridized carbons (Fsp3) is 0.273. The van der Waals surface area contributed by atoms with Gasteiger partial charge in [-0.15, -0.1) is 0 Å². The fourth-order valence-corrected chi connectivity index (χ4v) is 3.34. The maximum Gasteiger partial charge on any atom is 0.319 e. The van der Waals surface area contributed by atoms with E-state index in [1.54, 1.807) is 0 Å². The minimum Gasteiger partial charge on any atom is -0.340 e. The molecular weight excluding hydrogens is 336 g/mol. The van der Waals surface area contributed by atoms with Crippen LogP contribution >= 0.6 is 0 Å². The number of carbonyl (C=O) groups excluding carboxylic acids is 1. The van der Waals surface area contributed by atoms with E-state index in [-0.39, 0.29) is 6.03 Å². The van der Waals surface area contributed by atoms with Gasteiger partial charge in [0.2, 0.25) is 0 Å². The Morgan fingerprint density at radius 3 is 2.52 bits per heavy atom. The van der Waals surface area contributed by atoms with Crippen LogP contribution < -0.4 is 10.6 Å². The van der Waals surface area contributed by atoms with Crippen molar-refractivity contribution in [3.8, 4) is 17.3 Å². The zero-order valence-electron chi connectivity index (χ0n) is 16.0. The molecule has 0 fully saturated rings. The zero-order valence-corrected chi connectivity index (χ0v) is 16.0. The van der Waals surface area contributed by atoms with Crippen LogP contribution in [-0.4, -0.2) is 17.1 Å². The molecule has 0 atom stereocenters. The quantitative estimate of drug-likeness (QED) is 0.669. The number of fused-ring (bicyclic) bond motifs is 1. The Labute approximate surface area is 159 Å². The molecule has 0 saturated carbocycles. The van der Waals surface area contributed by atoms with E-state index in [0.29, 0.717) is 12.1 Å². The molecule has 0 aliphatic heterocycles. The van der Waals surface area contributed by atoms with E-state index in [1.165, 1.54) is 0 Å². The second-order valence-corrected chi connectivity index (χ2v) is 6.56. The smallest absolute Gasteiger partial charge is 0.319 e. The van der Waals surface area contributed by atoms with Crippen molar-refractivity contribution in [2.24, 2.45) is 0 Å². The molecule has 3 rings (SSSR count). The monoisotopic (exact) mass is 360 g/mol. The van der Waals surface area contributed by atoms with Gasteiger partial charge >= 0.3 is 6.03 Å². The summed E-state index contributed by atoms with van der Waals surface area (Å²) in [6.45, 7) is 7.54. The number of hydrogen-bond acceptors (Lipinski definition) is 2. The molecule has 0 saturated heterocycles. The van der Waals surface area contributed by atoms with Crippen LogP contribution in [0.15, 0.2) is 42.5 Å². The van der Waals surface area contributed by atoms with Crippen molar-refractivity contribution in [1.82, 2.24) is 9.88 Å². The molecule has 0 radical (unpaired) electrons. The minimum atomic E-state index is -0.208. The summed E-state index contributed by atoms with van der Waals surface area (Å²) in [6.07, 6.45) is 0.893. The summed E-state index contributed by atoms with van der Waals surface area (Å²) in [5.41, 5.74) is 5.49. The number of aryl methyl sites for hydroxylation is 2. The highest BCUT2D eigenvalue weighted by atomic mass is 16.2. The molecule has 0 unspecified atom stereocenters. The summed E-state index contributed by atoms with van der Waals surface area (Å²) in [7, 11) is 0. The summed E-state index contributed by atoms with van der Waals surface area (Å²) in [5, 5.41) is 16.4. The number of nitrogens with one attached hydrogen (secondary N) is 2. The lowest BCUT2D eigenvalue weighted by atomic mass is 10.0. The van der Waals surface area contributed by atoms with Crippen LogP contribution in [0, 0.1) is 18.3 Å². The normalized spacial score (nSPS) is 10.6. The molecule has 2 aromatic carbocycles. The van der Waals surface area contributed by atoms with Crippen LogP contribution in [0.25, 0.3) is 22.2 Å². The van der Waals surface area contributed by atoms with Crippen molar-refractivity contribution in [2.75, 3.05) is 11.9 Å². The molecule has 0 spiro atoms. The maximum atomic E-state index is 11.8. The van der Waals surface area contributed by atoms with Crippen LogP contribution in [0.3, 0.4) is 0 Å². The third-order valence-corrected chi connectivity index (χ3v) is 4.60. The Morgan fingerprint density at radius 2 is 1.89 bits per heavy atom. The molecule has 0 bridgehead atoms.